The van der Waals surface area contributed by atoms with E-state index in [-0.39, 0.29) is 11.7 Å². The molecule has 0 unspecified atom stereocenters. The highest BCUT2D eigenvalue weighted by molar-refractivity contribution is 5.92. The van der Waals surface area contributed by atoms with Gasteiger partial charge in [-0.25, -0.2) is 14.4 Å². The van der Waals surface area contributed by atoms with Crippen molar-refractivity contribution in [2.24, 2.45) is 0 Å². The molecule has 0 spiro atoms. The van der Waals surface area contributed by atoms with Crippen LogP contribution in [0.25, 0.3) is 22.5 Å². The maximum Gasteiger partial charge on any atom is 0.222 e. The van der Waals surface area contributed by atoms with Crippen LogP contribution in [0.4, 0.5) is 10.2 Å². The van der Waals surface area contributed by atoms with Crippen LogP contribution in [0.3, 0.4) is 0 Å². The summed E-state index contributed by atoms with van der Waals surface area (Å²) >= 11 is 0. The van der Waals surface area contributed by atoms with E-state index in [1.54, 1.807) is 12.1 Å². The fraction of sp³-hybridized carbons (Fsp3) is 0.150. The van der Waals surface area contributed by atoms with Crippen LogP contribution in [0, 0.1) is 5.82 Å². The van der Waals surface area contributed by atoms with Crippen molar-refractivity contribution in [1.29, 1.82) is 0 Å². The highest BCUT2D eigenvalue weighted by Crippen LogP contribution is 2.35. The summed E-state index contributed by atoms with van der Waals surface area (Å²) in [5, 5.41) is 2.78. The number of fused-ring (bicyclic) bond motifs is 3. The fourth-order valence-corrected chi connectivity index (χ4v) is 3.16. The molecular weight excluding hydrogens is 317 g/mol. The predicted molar refractivity (Wildman–Crippen MR) is 94.6 cm³/mol. The molecule has 1 aromatic heterocycles. The molecule has 4 nitrogen and oxygen atoms in total. The van der Waals surface area contributed by atoms with E-state index in [0.29, 0.717) is 24.4 Å². The van der Waals surface area contributed by atoms with Gasteiger partial charge in [0.1, 0.15) is 11.5 Å². The Hall–Kier alpha value is -3.08. The van der Waals surface area contributed by atoms with E-state index in [1.165, 1.54) is 13.0 Å². The van der Waals surface area contributed by atoms with Crippen LogP contribution in [-0.2, 0) is 17.6 Å². The number of benzene rings is 2. The molecule has 0 saturated heterocycles. The largest absolute Gasteiger partial charge is 0.309 e. The normalized spacial score (nSPS) is 12.2. The SMILES string of the molecule is CC(=O)Nc1nc2c(nc1-c1ccccc1)-c1ccc(F)cc1CC2. The number of amides is 1. The second-order valence-corrected chi connectivity index (χ2v) is 6.06. The van der Waals surface area contributed by atoms with E-state index >= 15 is 0 Å². The molecule has 0 fully saturated rings. The Kier molecular flexibility index (Phi) is 3.76. The van der Waals surface area contributed by atoms with Crippen molar-refractivity contribution in [2.75, 3.05) is 5.32 Å². The molecule has 0 atom stereocenters. The number of rotatable bonds is 2. The van der Waals surface area contributed by atoms with E-state index < -0.39 is 0 Å². The molecule has 4 rings (SSSR count). The molecule has 1 aliphatic carbocycles. The molecule has 5 heteroatoms. The molecule has 0 radical (unpaired) electrons. The minimum Gasteiger partial charge on any atom is -0.309 e. The summed E-state index contributed by atoms with van der Waals surface area (Å²) in [4.78, 5) is 21.1. The van der Waals surface area contributed by atoms with Crippen LogP contribution in [-0.4, -0.2) is 15.9 Å². The van der Waals surface area contributed by atoms with Gasteiger partial charge >= 0.3 is 0 Å². The summed E-state index contributed by atoms with van der Waals surface area (Å²) in [5.74, 6) is 0.0287. The molecule has 1 amide bonds. The molecule has 0 aliphatic heterocycles. The number of carbonyl (C=O) groups excluding carboxylic acids is 1. The third-order valence-electron chi connectivity index (χ3n) is 4.26. The molecule has 1 heterocycles. The van der Waals surface area contributed by atoms with Crippen molar-refractivity contribution >= 4 is 11.7 Å². The van der Waals surface area contributed by atoms with Gasteiger partial charge in [-0.2, -0.15) is 0 Å². The monoisotopic (exact) mass is 333 g/mol. The van der Waals surface area contributed by atoms with Gasteiger partial charge < -0.3 is 5.32 Å². The zero-order chi connectivity index (χ0) is 17.4. The van der Waals surface area contributed by atoms with Crippen molar-refractivity contribution in [1.82, 2.24) is 9.97 Å². The molecule has 0 bridgehead atoms. The van der Waals surface area contributed by atoms with Gasteiger partial charge in [-0.1, -0.05) is 30.3 Å². The fourth-order valence-electron chi connectivity index (χ4n) is 3.16. The number of carbonyl (C=O) groups is 1. The second kappa shape index (κ2) is 6.09. The molecule has 1 N–H and O–H groups in total. The minimum absolute atomic E-state index is 0.190. The molecule has 3 aromatic rings. The average molecular weight is 333 g/mol. The van der Waals surface area contributed by atoms with Crippen LogP contribution < -0.4 is 5.32 Å². The lowest BCUT2D eigenvalue weighted by Gasteiger charge is -2.21. The average Bonchev–Trinajstić information content (AvgIpc) is 2.61. The zero-order valence-corrected chi connectivity index (χ0v) is 13.7. The van der Waals surface area contributed by atoms with Gasteiger partial charge in [0, 0.05) is 18.1 Å². The first kappa shape index (κ1) is 15.4. The van der Waals surface area contributed by atoms with Gasteiger partial charge in [-0.15, -0.1) is 0 Å². The quantitative estimate of drug-likeness (QED) is 0.771. The van der Waals surface area contributed by atoms with Crippen molar-refractivity contribution in [2.45, 2.75) is 19.8 Å². The smallest absolute Gasteiger partial charge is 0.222 e. The number of aryl methyl sites for hydroxylation is 2. The lowest BCUT2D eigenvalue weighted by molar-refractivity contribution is -0.114. The Morgan fingerprint density at radius 1 is 1.04 bits per heavy atom. The summed E-state index contributed by atoms with van der Waals surface area (Å²) in [5.41, 5.74) is 4.91. The molecule has 2 aromatic carbocycles. The summed E-state index contributed by atoms with van der Waals surface area (Å²) in [6.45, 7) is 1.45. The number of aromatic nitrogens is 2. The third-order valence-corrected chi connectivity index (χ3v) is 4.26. The minimum atomic E-state index is -0.242. The standard InChI is InChI=1S/C20H16FN3O/c1-12(25)22-20-18(13-5-3-2-4-6-13)24-19-16-9-8-15(21)11-14(16)7-10-17(19)23-20/h2-6,8-9,11H,7,10H2,1H3,(H,22,23,25). The Morgan fingerprint density at radius 3 is 2.60 bits per heavy atom. The molecule has 124 valence electrons. The van der Waals surface area contributed by atoms with Crippen molar-refractivity contribution in [3.63, 3.8) is 0 Å². The van der Waals surface area contributed by atoms with E-state index in [4.69, 9.17) is 4.98 Å². The van der Waals surface area contributed by atoms with Gasteiger partial charge in [0.05, 0.1) is 11.4 Å². The molecule has 0 saturated carbocycles. The maximum atomic E-state index is 13.5. The lowest BCUT2D eigenvalue weighted by Crippen LogP contribution is -2.15. The first-order valence-corrected chi connectivity index (χ1v) is 8.14. The van der Waals surface area contributed by atoms with Gasteiger partial charge in [0.15, 0.2) is 5.82 Å². The summed E-state index contributed by atoms with van der Waals surface area (Å²) in [7, 11) is 0. The van der Waals surface area contributed by atoms with E-state index in [0.717, 1.165) is 28.1 Å². The summed E-state index contributed by atoms with van der Waals surface area (Å²) < 4.78 is 13.5. The summed E-state index contributed by atoms with van der Waals surface area (Å²) in [6, 6.07) is 14.4. The first-order valence-electron chi connectivity index (χ1n) is 8.14. The van der Waals surface area contributed by atoms with Crippen molar-refractivity contribution < 1.29 is 9.18 Å². The van der Waals surface area contributed by atoms with E-state index in [9.17, 15) is 9.18 Å². The second-order valence-electron chi connectivity index (χ2n) is 6.06. The first-order chi connectivity index (χ1) is 12.1. The van der Waals surface area contributed by atoms with E-state index in [1.807, 2.05) is 30.3 Å². The van der Waals surface area contributed by atoms with E-state index in [2.05, 4.69) is 10.3 Å². The Labute approximate surface area is 144 Å². The Bertz CT molecular complexity index is 970. The number of hydrogen-bond donors (Lipinski definition) is 1. The number of nitrogens with one attached hydrogen (secondary N) is 1. The number of nitrogens with zero attached hydrogens (tertiary/aromatic N) is 2. The molecule has 25 heavy (non-hydrogen) atoms. The van der Waals surface area contributed by atoms with Crippen LogP contribution in [0.5, 0.6) is 0 Å². The Morgan fingerprint density at radius 2 is 1.84 bits per heavy atom. The zero-order valence-electron chi connectivity index (χ0n) is 13.7. The topological polar surface area (TPSA) is 54.9 Å². The van der Waals surface area contributed by atoms with Gasteiger partial charge in [-0.3, -0.25) is 4.79 Å². The van der Waals surface area contributed by atoms with Gasteiger partial charge in [0.25, 0.3) is 0 Å². The number of hydrogen-bond acceptors (Lipinski definition) is 3. The predicted octanol–water partition coefficient (Wildman–Crippen LogP) is 4.01. The highest BCUT2D eigenvalue weighted by Gasteiger charge is 2.23. The van der Waals surface area contributed by atoms with Crippen LogP contribution in [0.15, 0.2) is 48.5 Å². The number of halogens is 1. The van der Waals surface area contributed by atoms with Crippen LogP contribution >= 0.6 is 0 Å². The third kappa shape index (κ3) is 2.89. The lowest BCUT2D eigenvalue weighted by atomic mass is 9.91. The maximum absolute atomic E-state index is 13.5. The number of anilines is 1. The van der Waals surface area contributed by atoms with Gasteiger partial charge in [0.2, 0.25) is 5.91 Å². The molecule has 1 aliphatic rings. The highest BCUT2D eigenvalue weighted by atomic mass is 19.1. The summed E-state index contributed by atoms with van der Waals surface area (Å²) in [6.07, 6.45) is 1.37. The van der Waals surface area contributed by atoms with Crippen molar-refractivity contribution in [3.05, 3.63) is 65.6 Å². The van der Waals surface area contributed by atoms with Crippen LogP contribution in [0.2, 0.25) is 0 Å². The van der Waals surface area contributed by atoms with Crippen LogP contribution in [0.1, 0.15) is 18.2 Å². The molecular formula is C20H16FN3O. The van der Waals surface area contributed by atoms with Crippen molar-refractivity contribution in [3.8, 4) is 22.5 Å². The Balaban J connectivity index is 1.93. The van der Waals surface area contributed by atoms with Gasteiger partial charge in [-0.05, 0) is 36.6 Å².